The quantitative estimate of drug-likeness (QED) is 0.392. The Hall–Kier alpha value is -4.33. The molecule has 0 unspecified atom stereocenters. The summed E-state index contributed by atoms with van der Waals surface area (Å²) in [6.07, 6.45) is 0. The zero-order chi connectivity index (χ0) is 23.9. The second-order valence-electron chi connectivity index (χ2n) is 7.52. The lowest BCUT2D eigenvalue weighted by Crippen LogP contribution is -2.23. The van der Waals surface area contributed by atoms with Crippen LogP contribution in [-0.4, -0.2) is 30.3 Å². The van der Waals surface area contributed by atoms with E-state index < -0.39 is 0 Å². The number of aryl methyl sites for hydroxylation is 1. The summed E-state index contributed by atoms with van der Waals surface area (Å²) in [5.74, 6) is 2.24. The average molecular weight is 460 g/mol. The van der Waals surface area contributed by atoms with Gasteiger partial charge in [-0.25, -0.2) is 0 Å². The predicted octanol–water partition coefficient (Wildman–Crippen LogP) is 4.57. The zero-order valence-corrected chi connectivity index (χ0v) is 19.2. The molecule has 0 spiro atoms. The zero-order valence-electron chi connectivity index (χ0n) is 19.2. The van der Waals surface area contributed by atoms with Crippen LogP contribution >= 0.6 is 0 Å². The number of para-hydroxylation sites is 1. The van der Waals surface area contributed by atoms with Crippen LogP contribution in [0.3, 0.4) is 0 Å². The standard InChI is InChI=1S/C26H25N3O5/c1-17-8-10-18(11-9-17)25-28-24(34-29-25)16-33-22-7-5-4-6-21(22)26(30)27-15-19-12-13-20(31-2)14-23(19)32-3/h4-14H,15-16H2,1-3H3,(H,27,30). The van der Waals surface area contributed by atoms with Gasteiger partial charge in [0, 0.05) is 23.7 Å². The number of hydrogen-bond acceptors (Lipinski definition) is 7. The number of carbonyl (C=O) groups excluding carboxylic acids is 1. The van der Waals surface area contributed by atoms with E-state index in [1.165, 1.54) is 0 Å². The fourth-order valence-electron chi connectivity index (χ4n) is 3.32. The molecule has 8 heteroatoms. The van der Waals surface area contributed by atoms with Gasteiger partial charge in [-0.1, -0.05) is 47.1 Å². The van der Waals surface area contributed by atoms with Crippen LogP contribution in [0.1, 0.15) is 27.4 Å². The predicted molar refractivity (Wildman–Crippen MR) is 126 cm³/mol. The van der Waals surface area contributed by atoms with E-state index in [0.717, 1.165) is 16.7 Å². The largest absolute Gasteiger partial charge is 0.497 e. The molecule has 4 aromatic rings. The first kappa shape index (κ1) is 22.8. The molecule has 0 aliphatic rings. The number of ether oxygens (including phenoxy) is 3. The first-order valence-electron chi connectivity index (χ1n) is 10.7. The third kappa shape index (κ3) is 5.35. The molecule has 1 amide bonds. The Morgan fingerprint density at radius 3 is 2.53 bits per heavy atom. The van der Waals surface area contributed by atoms with Crippen molar-refractivity contribution in [3.63, 3.8) is 0 Å². The summed E-state index contributed by atoms with van der Waals surface area (Å²) in [6.45, 7) is 2.33. The summed E-state index contributed by atoms with van der Waals surface area (Å²) >= 11 is 0. The van der Waals surface area contributed by atoms with E-state index in [4.69, 9.17) is 18.7 Å². The highest BCUT2D eigenvalue weighted by atomic mass is 16.5. The molecule has 0 aliphatic carbocycles. The maximum atomic E-state index is 12.9. The molecule has 8 nitrogen and oxygen atoms in total. The van der Waals surface area contributed by atoms with Crippen LogP contribution in [0.2, 0.25) is 0 Å². The Morgan fingerprint density at radius 1 is 0.971 bits per heavy atom. The van der Waals surface area contributed by atoms with Crippen LogP contribution in [0.15, 0.2) is 71.3 Å². The second kappa shape index (κ2) is 10.5. The highest BCUT2D eigenvalue weighted by Gasteiger charge is 2.15. The van der Waals surface area contributed by atoms with Crippen molar-refractivity contribution in [2.45, 2.75) is 20.1 Å². The van der Waals surface area contributed by atoms with Crippen molar-refractivity contribution in [3.8, 4) is 28.6 Å². The number of amides is 1. The Morgan fingerprint density at radius 2 is 1.76 bits per heavy atom. The van der Waals surface area contributed by atoms with E-state index in [-0.39, 0.29) is 19.1 Å². The van der Waals surface area contributed by atoms with Gasteiger partial charge in [-0.3, -0.25) is 4.79 Å². The van der Waals surface area contributed by atoms with Gasteiger partial charge in [-0.15, -0.1) is 0 Å². The number of rotatable bonds is 9. The number of methoxy groups -OCH3 is 2. The number of hydrogen-bond donors (Lipinski definition) is 1. The third-order valence-corrected chi connectivity index (χ3v) is 5.19. The number of aromatic nitrogens is 2. The lowest BCUT2D eigenvalue weighted by atomic mass is 10.1. The molecular formula is C26H25N3O5. The maximum absolute atomic E-state index is 12.9. The van der Waals surface area contributed by atoms with Crippen molar-refractivity contribution >= 4 is 5.91 Å². The molecule has 3 aromatic carbocycles. The lowest BCUT2D eigenvalue weighted by molar-refractivity contribution is 0.0945. The molecule has 0 aliphatic heterocycles. The fraction of sp³-hybridized carbons (Fsp3) is 0.192. The molecular weight excluding hydrogens is 434 g/mol. The summed E-state index contributed by atoms with van der Waals surface area (Å²) in [7, 11) is 3.16. The molecule has 0 fully saturated rings. The molecule has 1 heterocycles. The minimum Gasteiger partial charge on any atom is -0.497 e. The summed E-state index contributed by atoms with van der Waals surface area (Å²) in [5, 5.41) is 6.92. The van der Waals surface area contributed by atoms with E-state index in [9.17, 15) is 4.79 Å². The summed E-state index contributed by atoms with van der Waals surface area (Å²) in [4.78, 5) is 17.3. The van der Waals surface area contributed by atoms with Crippen molar-refractivity contribution in [1.29, 1.82) is 0 Å². The van der Waals surface area contributed by atoms with Gasteiger partial charge in [0.05, 0.1) is 19.8 Å². The lowest BCUT2D eigenvalue weighted by Gasteiger charge is -2.13. The number of nitrogens with one attached hydrogen (secondary N) is 1. The maximum Gasteiger partial charge on any atom is 0.264 e. The first-order chi connectivity index (χ1) is 16.6. The van der Waals surface area contributed by atoms with Crippen molar-refractivity contribution in [1.82, 2.24) is 15.5 Å². The van der Waals surface area contributed by atoms with Crippen LogP contribution in [0.25, 0.3) is 11.4 Å². The van der Waals surface area contributed by atoms with Gasteiger partial charge in [0.1, 0.15) is 17.2 Å². The van der Waals surface area contributed by atoms with Gasteiger partial charge in [0.2, 0.25) is 5.82 Å². The Balaban J connectivity index is 1.41. The van der Waals surface area contributed by atoms with E-state index in [1.54, 1.807) is 44.6 Å². The highest BCUT2D eigenvalue weighted by Crippen LogP contribution is 2.25. The monoisotopic (exact) mass is 459 g/mol. The van der Waals surface area contributed by atoms with Gasteiger partial charge in [0.25, 0.3) is 11.8 Å². The van der Waals surface area contributed by atoms with Crippen molar-refractivity contribution < 1.29 is 23.5 Å². The third-order valence-electron chi connectivity index (χ3n) is 5.19. The van der Waals surface area contributed by atoms with Crippen molar-refractivity contribution in [3.05, 3.63) is 89.3 Å². The summed E-state index contributed by atoms with van der Waals surface area (Å²) < 4.78 is 21.8. The van der Waals surface area contributed by atoms with Gasteiger partial charge in [-0.05, 0) is 31.2 Å². The van der Waals surface area contributed by atoms with E-state index >= 15 is 0 Å². The fourth-order valence-corrected chi connectivity index (χ4v) is 3.32. The smallest absolute Gasteiger partial charge is 0.264 e. The van der Waals surface area contributed by atoms with Crippen LogP contribution in [-0.2, 0) is 13.2 Å². The molecule has 0 atom stereocenters. The van der Waals surface area contributed by atoms with Crippen LogP contribution < -0.4 is 19.5 Å². The molecule has 0 radical (unpaired) electrons. The van der Waals surface area contributed by atoms with E-state index in [0.29, 0.717) is 34.5 Å². The Labute approximate surface area is 197 Å². The number of carbonyl (C=O) groups is 1. The minimum atomic E-state index is -0.278. The van der Waals surface area contributed by atoms with Gasteiger partial charge < -0.3 is 24.1 Å². The van der Waals surface area contributed by atoms with E-state index in [2.05, 4.69) is 15.5 Å². The average Bonchev–Trinajstić information content (AvgIpc) is 3.35. The number of benzene rings is 3. The van der Waals surface area contributed by atoms with E-state index in [1.807, 2.05) is 43.3 Å². The Kier molecular flexibility index (Phi) is 7.07. The Bertz CT molecular complexity index is 1270. The number of nitrogens with zero attached hydrogens (tertiary/aromatic N) is 2. The normalized spacial score (nSPS) is 10.6. The first-order valence-corrected chi connectivity index (χ1v) is 10.7. The van der Waals surface area contributed by atoms with Gasteiger partial charge in [0.15, 0.2) is 6.61 Å². The molecule has 0 saturated carbocycles. The van der Waals surface area contributed by atoms with Crippen molar-refractivity contribution in [2.24, 2.45) is 0 Å². The summed E-state index contributed by atoms with van der Waals surface area (Å²) in [6, 6.07) is 20.3. The van der Waals surface area contributed by atoms with Gasteiger partial charge >= 0.3 is 0 Å². The molecule has 1 N–H and O–H groups in total. The minimum absolute atomic E-state index is 0.0372. The van der Waals surface area contributed by atoms with Gasteiger partial charge in [-0.2, -0.15) is 4.98 Å². The van der Waals surface area contributed by atoms with Crippen LogP contribution in [0.5, 0.6) is 17.2 Å². The molecule has 174 valence electrons. The SMILES string of the molecule is COc1ccc(CNC(=O)c2ccccc2OCc2nc(-c3ccc(C)cc3)no2)c(OC)c1. The highest BCUT2D eigenvalue weighted by molar-refractivity contribution is 5.96. The van der Waals surface area contributed by atoms with Crippen LogP contribution in [0, 0.1) is 6.92 Å². The molecule has 4 rings (SSSR count). The van der Waals surface area contributed by atoms with Crippen LogP contribution in [0.4, 0.5) is 0 Å². The molecule has 1 aromatic heterocycles. The van der Waals surface area contributed by atoms with Crippen molar-refractivity contribution in [2.75, 3.05) is 14.2 Å². The molecule has 0 saturated heterocycles. The topological polar surface area (TPSA) is 95.7 Å². The summed E-state index contributed by atoms with van der Waals surface area (Å²) in [5.41, 5.74) is 3.23. The molecule has 0 bridgehead atoms. The molecule has 34 heavy (non-hydrogen) atoms. The second-order valence-corrected chi connectivity index (χ2v) is 7.52.